The number of nitrogens with one attached hydrogen (secondary N) is 2. The van der Waals surface area contributed by atoms with Crippen molar-refractivity contribution in [2.75, 3.05) is 10.0 Å². The second-order valence-corrected chi connectivity index (χ2v) is 10.7. The number of aromatic nitrogens is 1. The van der Waals surface area contributed by atoms with Crippen LogP contribution in [0.3, 0.4) is 0 Å². The molecule has 6 nitrogen and oxygen atoms in total. The van der Waals surface area contributed by atoms with Gasteiger partial charge in [-0.1, -0.05) is 40.2 Å². The average molecular weight is 494 g/mol. The Hall–Kier alpha value is -2.23. The van der Waals surface area contributed by atoms with Crippen LogP contribution in [0.2, 0.25) is 0 Å². The maximum absolute atomic E-state index is 12.9. The molecule has 0 aliphatic rings. The largest absolute Gasteiger partial charge is 0.298 e. The number of aryl methyl sites for hydroxylation is 1. The minimum Gasteiger partial charge on any atom is -0.298 e. The first-order chi connectivity index (χ1) is 13.7. The van der Waals surface area contributed by atoms with Crippen LogP contribution in [-0.2, 0) is 10.0 Å². The summed E-state index contributed by atoms with van der Waals surface area (Å²) in [5.41, 5.74) is 2.88. The third-order valence-corrected chi connectivity index (χ3v) is 7.27. The zero-order valence-corrected chi connectivity index (χ0v) is 19.3. The van der Waals surface area contributed by atoms with Crippen LogP contribution in [0.1, 0.15) is 29.8 Å². The Labute approximate surface area is 182 Å². The summed E-state index contributed by atoms with van der Waals surface area (Å²) >= 11 is 4.71. The summed E-state index contributed by atoms with van der Waals surface area (Å²) < 4.78 is 28.0. The van der Waals surface area contributed by atoms with Crippen molar-refractivity contribution in [3.63, 3.8) is 0 Å². The van der Waals surface area contributed by atoms with E-state index in [1.165, 1.54) is 11.3 Å². The maximum Gasteiger partial charge on any atom is 0.259 e. The van der Waals surface area contributed by atoms with Gasteiger partial charge in [0.1, 0.15) is 0 Å². The molecular formula is C20H20BrN3O3S2. The number of rotatable bonds is 6. The van der Waals surface area contributed by atoms with Crippen LogP contribution >= 0.6 is 27.3 Å². The topological polar surface area (TPSA) is 88.2 Å². The molecule has 0 saturated heterocycles. The molecule has 29 heavy (non-hydrogen) atoms. The summed E-state index contributed by atoms with van der Waals surface area (Å²) in [4.78, 5) is 17.4. The lowest BCUT2D eigenvalue weighted by Gasteiger charge is -2.15. The van der Waals surface area contributed by atoms with Gasteiger partial charge in [0, 0.05) is 15.4 Å². The fraction of sp³-hybridized carbons (Fsp3) is 0.200. The van der Waals surface area contributed by atoms with Gasteiger partial charge in [0.25, 0.3) is 5.91 Å². The number of carbonyl (C=O) groups excluding carboxylic acids is 1. The highest BCUT2D eigenvalue weighted by Gasteiger charge is 2.22. The number of carbonyl (C=O) groups is 1. The summed E-state index contributed by atoms with van der Waals surface area (Å²) in [5, 5.41) is 4.46. The number of thiazole rings is 1. The lowest BCUT2D eigenvalue weighted by atomic mass is 10.1. The van der Waals surface area contributed by atoms with Gasteiger partial charge in [0.05, 0.1) is 22.2 Å². The molecular weight excluding hydrogens is 474 g/mol. The second-order valence-electron chi connectivity index (χ2n) is 6.69. The summed E-state index contributed by atoms with van der Waals surface area (Å²) in [6, 6.07) is 12.8. The fourth-order valence-corrected chi connectivity index (χ4v) is 4.26. The fourth-order valence-electron chi connectivity index (χ4n) is 2.57. The maximum atomic E-state index is 12.9. The molecule has 9 heteroatoms. The van der Waals surface area contributed by atoms with Gasteiger partial charge >= 0.3 is 0 Å². The van der Waals surface area contributed by atoms with E-state index in [0.29, 0.717) is 10.7 Å². The van der Waals surface area contributed by atoms with Crippen molar-refractivity contribution >= 4 is 54.0 Å². The van der Waals surface area contributed by atoms with Crippen LogP contribution in [-0.4, -0.2) is 24.6 Å². The van der Waals surface area contributed by atoms with Gasteiger partial charge in [0.2, 0.25) is 10.0 Å². The highest BCUT2D eigenvalue weighted by Crippen LogP contribution is 2.28. The molecule has 3 aromatic rings. The number of benzene rings is 2. The first kappa shape index (κ1) is 21.5. The minimum atomic E-state index is -3.58. The quantitative estimate of drug-likeness (QED) is 0.488. The Morgan fingerprint density at radius 3 is 2.48 bits per heavy atom. The summed E-state index contributed by atoms with van der Waals surface area (Å²) in [6.07, 6.45) is 0. The van der Waals surface area contributed by atoms with E-state index in [0.717, 1.165) is 15.7 Å². The molecule has 2 aromatic carbocycles. The third-order valence-electron chi connectivity index (χ3n) is 4.24. The highest BCUT2D eigenvalue weighted by atomic mass is 79.9. The van der Waals surface area contributed by atoms with Crippen LogP contribution in [0.15, 0.2) is 52.3 Å². The van der Waals surface area contributed by atoms with Crippen molar-refractivity contribution in [1.82, 2.24) is 4.98 Å². The molecule has 0 aliphatic carbocycles. The van der Waals surface area contributed by atoms with Crippen molar-refractivity contribution in [1.29, 1.82) is 0 Å². The average Bonchev–Trinajstić information content (AvgIpc) is 3.10. The lowest BCUT2D eigenvalue weighted by molar-refractivity contribution is 0.102. The molecule has 0 unspecified atom stereocenters. The normalized spacial score (nSPS) is 11.5. The van der Waals surface area contributed by atoms with Crippen LogP contribution in [0, 0.1) is 6.92 Å². The Kier molecular flexibility index (Phi) is 6.40. The Bertz CT molecular complexity index is 1140. The van der Waals surface area contributed by atoms with Crippen LogP contribution in [0.25, 0.3) is 11.3 Å². The lowest BCUT2D eigenvalue weighted by Crippen LogP contribution is -2.25. The molecule has 152 valence electrons. The van der Waals surface area contributed by atoms with Gasteiger partial charge in [-0.3, -0.25) is 14.8 Å². The monoisotopic (exact) mass is 493 g/mol. The molecule has 0 aliphatic heterocycles. The standard InChI is InChI=1S/C20H20BrN3O3S2/c1-12(2)29(26,27)24-16-6-4-5-13(3)18(16)19(25)23-20-22-17(11-28-20)14-7-9-15(21)10-8-14/h4-12,24H,1-3H3,(H,22,23,25). The molecule has 1 aromatic heterocycles. The first-order valence-electron chi connectivity index (χ1n) is 8.81. The van der Waals surface area contributed by atoms with E-state index in [4.69, 9.17) is 0 Å². The zero-order chi connectivity index (χ0) is 21.2. The number of hydrogen-bond donors (Lipinski definition) is 2. The zero-order valence-electron chi connectivity index (χ0n) is 16.1. The number of hydrogen-bond acceptors (Lipinski definition) is 5. The van der Waals surface area contributed by atoms with E-state index >= 15 is 0 Å². The number of anilines is 2. The van der Waals surface area contributed by atoms with Gasteiger partial charge in [-0.05, 0) is 44.5 Å². The van der Waals surface area contributed by atoms with Crippen molar-refractivity contribution in [2.45, 2.75) is 26.0 Å². The van der Waals surface area contributed by atoms with E-state index < -0.39 is 21.2 Å². The predicted octanol–water partition coefficient (Wildman–Crippen LogP) is 5.28. The Balaban J connectivity index is 1.86. The van der Waals surface area contributed by atoms with Crippen molar-refractivity contribution in [2.24, 2.45) is 0 Å². The Morgan fingerprint density at radius 1 is 1.14 bits per heavy atom. The van der Waals surface area contributed by atoms with E-state index in [-0.39, 0.29) is 11.3 Å². The van der Waals surface area contributed by atoms with E-state index in [2.05, 4.69) is 31.0 Å². The van der Waals surface area contributed by atoms with E-state index in [1.807, 2.05) is 29.6 Å². The van der Waals surface area contributed by atoms with Gasteiger partial charge in [-0.15, -0.1) is 11.3 Å². The summed E-state index contributed by atoms with van der Waals surface area (Å²) in [7, 11) is -3.58. The molecule has 0 atom stereocenters. The van der Waals surface area contributed by atoms with Crippen molar-refractivity contribution in [3.8, 4) is 11.3 Å². The van der Waals surface area contributed by atoms with Crippen LogP contribution in [0.4, 0.5) is 10.8 Å². The number of sulfonamides is 1. The Morgan fingerprint density at radius 2 is 1.83 bits per heavy atom. The van der Waals surface area contributed by atoms with Crippen LogP contribution in [0.5, 0.6) is 0 Å². The van der Waals surface area contributed by atoms with Gasteiger partial charge in [-0.25, -0.2) is 13.4 Å². The van der Waals surface area contributed by atoms with E-state index in [1.54, 1.807) is 39.0 Å². The SMILES string of the molecule is Cc1cccc(NS(=O)(=O)C(C)C)c1C(=O)Nc1nc(-c2ccc(Br)cc2)cs1. The van der Waals surface area contributed by atoms with E-state index in [9.17, 15) is 13.2 Å². The summed E-state index contributed by atoms with van der Waals surface area (Å²) in [6.45, 7) is 4.92. The first-order valence-corrected chi connectivity index (χ1v) is 12.0. The number of amides is 1. The highest BCUT2D eigenvalue weighted by molar-refractivity contribution is 9.10. The predicted molar refractivity (Wildman–Crippen MR) is 122 cm³/mol. The number of halogens is 1. The molecule has 1 amide bonds. The van der Waals surface area contributed by atoms with Gasteiger partial charge < -0.3 is 0 Å². The summed E-state index contributed by atoms with van der Waals surface area (Å²) in [5.74, 6) is -0.415. The molecule has 1 heterocycles. The third kappa shape index (κ3) is 5.04. The molecule has 2 N–H and O–H groups in total. The molecule has 0 spiro atoms. The molecule has 3 rings (SSSR count). The molecule has 0 bridgehead atoms. The van der Waals surface area contributed by atoms with Gasteiger partial charge in [0.15, 0.2) is 5.13 Å². The number of nitrogens with zero attached hydrogens (tertiary/aromatic N) is 1. The van der Waals surface area contributed by atoms with Gasteiger partial charge in [-0.2, -0.15) is 0 Å². The molecule has 0 radical (unpaired) electrons. The van der Waals surface area contributed by atoms with Crippen LogP contribution < -0.4 is 10.0 Å². The molecule has 0 fully saturated rings. The van der Waals surface area contributed by atoms with Crippen molar-refractivity contribution in [3.05, 3.63) is 63.4 Å². The smallest absolute Gasteiger partial charge is 0.259 e. The minimum absolute atomic E-state index is 0.251. The van der Waals surface area contributed by atoms with Crippen molar-refractivity contribution < 1.29 is 13.2 Å². The second kappa shape index (κ2) is 8.64. The molecule has 0 saturated carbocycles.